The number of pyridine rings is 1. The minimum Gasteiger partial charge on any atom is -0.358 e. The first-order valence-electron chi connectivity index (χ1n) is 7.50. The Labute approximate surface area is 182 Å². The van der Waals surface area contributed by atoms with Crippen molar-refractivity contribution < 1.29 is 9.72 Å². The molecular weight excluding hydrogens is 467 g/mol. The van der Waals surface area contributed by atoms with Crippen LogP contribution in [0.2, 0.25) is 15.1 Å². The highest BCUT2D eigenvalue weighted by Crippen LogP contribution is 2.44. The van der Waals surface area contributed by atoms with Crippen molar-refractivity contribution in [2.24, 2.45) is 0 Å². The van der Waals surface area contributed by atoms with Gasteiger partial charge in [-0.25, -0.2) is 0 Å². The first-order chi connectivity index (χ1) is 13.3. The summed E-state index contributed by atoms with van der Waals surface area (Å²) in [6.07, 6.45) is 2.75. The Balaban J connectivity index is 1.80. The number of carbonyl (C=O) groups is 1. The number of hydrogen-bond donors (Lipinski definition) is 1. The van der Waals surface area contributed by atoms with Crippen LogP contribution in [0.5, 0.6) is 0 Å². The predicted molar refractivity (Wildman–Crippen MR) is 110 cm³/mol. The molecule has 1 N–H and O–H groups in total. The molecule has 3 rings (SSSR count). The molecule has 0 saturated carbocycles. The van der Waals surface area contributed by atoms with Crippen LogP contribution in [0.25, 0.3) is 0 Å². The predicted octanol–water partition coefficient (Wildman–Crippen LogP) is 5.49. The maximum absolute atomic E-state index is 12.4. The van der Waals surface area contributed by atoms with Crippen LogP contribution in [0, 0.1) is 10.1 Å². The van der Waals surface area contributed by atoms with Gasteiger partial charge in [-0.3, -0.25) is 9.78 Å². The summed E-state index contributed by atoms with van der Waals surface area (Å²) in [5.74, 6) is -0.961. The minimum absolute atomic E-state index is 0.0375. The molecule has 1 aromatic carbocycles. The van der Waals surface area contributed by atoms with Crippen LogP contribution in [0.15, 0.2) is 45.8 Å². The Morgan fingerprint density at radius 1 is 1.18 bits per heavy atom. The van der Waals surface area contributed by atoms with Crippen LogP contribution in [0.3, 0.4) is 0 Å². The summed E-state index contributed by atoms with van der Waals surface area (Å²) in [4.78, 5) is 31.2. The van der Waals surface area contributed by atoms with Crippen LogP contribution in [-0.2, 0) is 6.54 Å². The van der Waals surface area contributed by atoms with E-state index in [1.807, 2.05) is 0 Å². The average Bonchev–Trinajstić information content (AvgIpc) is 3.08. The largest absolute Gasteiger partial charge is 0.389 e. The summed E-state index contributed by atoms with van der Waals surface area (Å²) in [6.45, 7) is 0.230. The van der Waals surface area contributed by atoms with Gasteiger partial charge in [-0.05, 0) is 27.6 Å². The van der Waals surface area contributed by atoms with Gasteiger partial charge < -0.3 is 15.4 Å². The SMILES string of the molecule is O=C(NCc1ccc(Cl)cc1)c1nc([N+](=O)[O-])c(Sc2c(Cl)cncc2Cl)s1. The molecule has 28 heavy (non-hydrogen) atoms. The molecule has 3 aromatic rings. The third-order valence-electron chi connectivity index (χ3n) is 3.32. The first-order valence-corrected chi connectivity index (χ1v) is 10.3. The summed E-state index contributed by atoms with van der Waals surface area (Å²) in [5, 5.41) is 15.1. The van der Waals surface area contributed by atoms with Crippen molar-refractivity contribution in [1.29, 1.82) is 0 Å². The van der Waals surface area contributed by atoms with Crippen LogP contribution >= 0.6 is 57.9 Å². The molecule has 2 heterocycles. The molecule has 0 radical (unpaired) electrons. The highest BCUT2D eigenvalue weighted by atomic mass is 35.5. The van der Waals surface area contributed by atoms with E-state index in [9.17, 15) is 14.9 Å². The Morgan fingerprint density at radius 2 is 1.82 bits per heavy atom. The third-order valence-corrected chi connectivity index (χ3v) is 6.72. The third kappa shape index (κ3) is 4.92. The number of halogens is 3. The Bertz CT molecular complexity index is 1020. The normalized spacial score (nSPS) is 10.7. The monoisotopic (exact) mass is 474 g/mol. The smallest absolute Gasteiger partial charge is 0.358 e. The van der Waals surface area contributed by atoms with Crippen molar-refractivity contribution in [2.45, 2.75) is 15.6 Å². The number of amides is 1. The van der Waals surface area contributed by atoms with E-state index in [1.165, 1.54) is 12.4 Å². The summed E-state index contributed by atoms with van der Waals surface area (Å²) in [5.41, 5.74) is 0.828. The van der Waals surface area contributed by atoms with Crippen molar-refractivity contribution in [3.63, 3.8) is 0 Å². The van der Waals surface area contributed by atoms with E-state index in [-0.39, 0.29) is 25.8 Å². The van der Waals surface area contributed by atoms with Gasteiger partial charge in [-0.1, -0.05) is 70.0 Å². The molecule has 0 unspecified atom stereocenters. The van der Waals surface area contributed by atoms with Crippen molar-refractivity contribution in [2.75, 3.05) is 0 Å². The van der Waals surface area contributed by atoms with Gasteiger partial charge in [-0.2, -0.15) is 0 Å². The van der Waals surface area contributed by atoms with Crippen molar-refractivity contribution in [1.82, 2.24) is 15.3 Å². The van der Waals surface area contributed by atoms with Gasteiger partial charge in [0.1, 0.15) is 0 Å². The Hall–Kier alpha value is -1.91. The van der Waals surface area contributed by atoms with Gasteiger partial charge >= 0.3 is 11.7 Å². The number of rotatable bonds is 6. The van der Waals surface area contributed by atoms with E-state index in [1.54, 1.807) is 24.3 Å². The number of benzene rings is 1. The number of thiazole rings is 1. The molecule has 0 aliphatic rings. The molecule has 0 spiro atoms. The quantitative estimate of drug-likeness (QED) is 0.374. The molecule has 2 aromatic heterocycles. The highest BCUT2D eigenvalue weighted by Gasteiger charge is 2.28. The number of nitrogens with zero attached hydrogens (tertiary/aromatic N) is 3. The Morgan fingerprint density at radius 3 is 2.43 bits per heavy atom. The lowest BCUT2D eigenvalue weighted by Gasteiger charge is -2.03. The molecule has 7 nitrogen and oxygen atoms in total. The topological polar surface area (TPSA) is 98.0 Å². The number of hydrogen-bond acceptors (Lipinski definition) is 7. The molecule has 0 bridgehead atoms. The Kier molecular flexibility index (Phi) is 6.73. The molecule has 0 aliphatic carbocycles. The number of aromatic nitrogens is 2. The van der Waals surface area contributed by atoms with Crippen molar-refractivity contribution in [3.05, 3.63) is 72.4 Å². The first kappa shape index (κ1) is 20.8. The molecule has 12 heteroatoms. The fourth-order valence-electron chi connectivity index (χ4n) is 2.03. The van der Waals surface area contributed by atoms with Crippen LogP contribution < -0.4 is 5.32 Å². The van der Waals surface area contributed by atoms with Crippen LogP contribution in [0.4, 0.5) is 5.82 Å². The van der Waals surface area contributed by atoms with Gasteiger partial charge in [0.25, 0.3) is 5.01 Å². The zero-order chi connectivity index (χ0) is 20.3. The summed E-state index contributed by atoms with van der Waals surface area (Å²) >= 11 is 19.8. The van der Waals surface area contributed by atoms with Crippen LogP contribution in [0.1, 0.15) is 15.4 Å². The fraction of sp³-hybridized carbons (Fsp3) is 0.0625. The van der Waals surface area contributed by atoms with E-state index in [2.05, 4.69) is 15.3 Å². The minimum atomic E-state index is -0.655. The second-order valence-corrected chi connectivity index (χ2v) is 8.76. The second-order valence-electron chi connectivity index (χ2n) is 5.23. The number of nitro groups is 1. The van der Waals surface area contributed by atoms with Crippen molar-refractivity contribution >= 4 is 69.6 Å². The van der Waals surface area contributed by atoms with Gasteiger partial charge in [-0.15, -0.1) is 0 Å². The molecule has 0 saturated heterocycles. The maximum atomic E-state index is 12.4. The maximum Gasteiger partial charge on any atom is 0.389 e. The van der Waals surface area contributed by atoms with E-state index in [0.717, 1.165) is 28.7 Å². The molecule has 0 atom stereocenters. The zero-order valence-electron chi connectivity index (χ0n) is 13.7. The van der Waals surface area contributed by atoms with Crippen LogP contribution in [-0.4, -0.2) is 20.8 Å². The molecule has 0 aliphatic heterocycles. The summed E-state index contributed by atoms with van der Waals surface area (Å²) in [7, 11) is 0. The van der Waals surface area contributed by atoms with Crippen molar-refractivity contribution in [3.8, 4) is 0 Å². The lowest BCUT2D eigenvalue weighted by atomic mass is 10.2. The lowest BCUT2D eigenvalue weighted by molar-refractivity contribution is -0.391. The molecule has 0 fully saturated rings. The lowest BCUT2D eigenvalue weighted by Crippen LogP contribution is -2.22. The van der Waals surface area contributed by atoms with Gasteiger partial charge in [0.05, 0.1) is 14.9 Å². The molecule has 144 valence electrons. The number of nitrogens with one attached hydrogen (secondary N) is 1. The fourth-order valence-corrected chi connectivity index (χ4v) is 4.78. The number of carbonyl (C=O) groups excluding carboxylic acids is 1. The average molecular weight is 476 g/mol. The summed E-state index contributed by atoms with van der Waals surface area (Å²) in [6, 6.07) is 6.94. The molecular formula is C16H9Cl3N4O3S2. The van der Waals surface area contributed by atoms with Gasteiger partial charge in [0, 0.05) is 24.0 Å². The van der Waals surface area contributed by atoms with E-state index < -0.39 is 16.6 Å². The van der Waals surface area contributed by atoms with E-state index in [0.29, 0.717) is 9.92 Å². The highest BCUT2D eigenvalue weighted by molar-refractivity contribution is 8.01. The standard InChI is InChI=1S/C16H9Cl3N4O3S2/c17-9-3-1-8(2-4-9)5-21-14(24)15-22-13(23(25)26)16(28-15)27-12-10(18)6-20-7-11(12)19/h1-4,6-7H,5H2,(H,21,24). The summed E-state index contributed by atoms with van der Waals surface area (Å²) < 4.78 is 0.191. The van der Waals surface area contributed by atoms with E-state index in [4.69, 9.17) is 34.8 Å². The zero-order valence-corrected chi connectivity index (χ0v) is 17.6. The van der Waals surface area contributed by atoms with Gasteiger partial charge in [0.15, 0.2) is 4.21 Å². The second kappa shape index (κ2) is 9.06. The molecule has 1 amide bonds. The van der Waals surface area contributed by atoms with Gasteiger partial charge in [0.2, 0.25) is 0 Å². The van der Waals surface area contributed by atoms with E-state index >= 15 is 0 Å².